The second-order valence-electron chi connectivity index (χ2n) is 9.10. The highest BCUT2D eigenvalue weighted by atomic mass is 16.6. The Hall–Kier alpha value is -3.49. The van der Waals surface area contributed by atoms with Crippen molar-refractivity contribution in [1.82, 2.24) is 29.4 Å². The summed E-state index contributed by atoms with van der Waals surface area (Å²) in [6.45, 7) is 10.9. The van der Waals surface area contributed by atoms with Gasteiger partial charge in [-0.25, -0.2) is 24.7 Å². The summed E-state index contributed by atoms with van der Waals surface area (Å²) in [5, 5.41) is 3.27. The quantitative estimate of drug-likeness (QED) is 0.641. The van der Waals surface area contributed by atoms with Gasteiger partial charge in [0.2, 0.25) is 0 Å². The highest BCUT2D eigenvalue weighted by molar-refractivity contribution is 5.78. The lowest BCUT2D eigenvalue weighted by atomic mass is 10.1. The molecular formula is C23H29N7O2. The normalized spacial score (nSPS) is 14.6. The van der Waals surface area contributed by atoms with Crippen molar-refractivity contribution in [1.29, 1.82) is 0 Å². The Labute approximate surface area is 187 Å². The van der Waals surface area contributed by atoms with Gasteiger partial charge in [0.25, 0.3) is 0 Å². The van der Waals surface area contributed by atoms with Crippen LogP contribution in [0.4, 0.5) is 16.4 Å². The van der Waals surface area contributed by atoms with Gasteiger partial charge in [-0.05, 0) is 52.7 Å². The summed E-state index contributed by atoms with van der Waals surface area (Å²) in [6.07, 6.45) is 7.67. The molecule has 0 unspecified atom stereocenters. The first-order chi connectivity index (χ1) is 15.2. The number of hydrogen-bond acceptors (Lipinski definition) is 7. The number of aromatic nitrogens is 5. The number of ether oxygens (including phenoxy) is 1. The van der Waals surface area contributed by atoms with Crippen LogP contribution < -0.4 is 5.32 Å². The molecule has 0 bridgehead atoms. The van der Waals surface area contributed by atoms with E-state index >= 15 is 0 Å². The van der Waals surface area contributed by atoms with Crippen molar-refractivity contribution in [3.63, 3.8) is 0 Å². The summed E-state index contributed by atoms with van der Waals surface area (Å²) in [6, 6.07) is 4.09. The van der Waals surface area contributed by atoms with Crippen molar-refractivity contribution in [2.45, 2.75) is 52.7 Å². The molecule has 3 aromatic rings. The third-order valence-corrected chi connectivity index (χ3v) is 5.08. The molecule has 3 aromatic heterocycles. The van der Waals surface area contributed by atoms with Crippen LogP contribution in [0, 0.1) is 0 Å². The monoisotopic (exact) mass is 435 g/mol. The topological polar surface area (TPSA) is 98.1 Å². The molecule has 0 saturated carbocycles. The van der Waals surface area contributed by atoms with Gasteiger partial charge in [-0.1, -0.05) is 6.08 Å². The highest BCUT2D eigenvalue weighted by Crippen LogP contribution is 2.24. The number of amides is 1. The van der Waals surface area contributed by atoms with Crippen LogP contribution >= 0.6 is 0 Å². The Morgan fingerprint density at radius 3 is 2.69 bits per heavy atom. The van der Waals surface area contributed by atoms with Crippen molar-refractivity contribution < 1.29 is 9.53 Å². The van der Waals surface area contributed by atoms with Crippen LogP contribution in [0.3, 0.4) is 0 Å². The minimum Gasteiger partial charge on any atom is -0.444 e. The SMILES string of the molecule is CC(C)n1cnc2cnc(Nc3ccnc(C4=CCN(C(=O)OC(C)(C)C)CC4)n3)cc21. The van der Waals surface area contributed by atoms with Gasteiger partial charge < -0.3 is 19.5 Å². The maximum Gasteiger partial charge on any atom is 0.410 e. The van der Waals surface area contributed by atoms with Crippen molar-refractivity contribution >= 4 is 34.3 Å². The fourth-order valence-electron chi connectivity index (χ4n) is 3.49. The zero-order valence-electron chi connectivity index (χ0n) is 19.2. The number of pyridine rings is 1. The lowest BCUT2D eigenvalue weighted by molar-refractivity contribution is 0.0270. The minimum atomic E-state index is -0.506. The smallest absolute Gasteiger partial charge is 0.410 e. The van der Waals surface area contributed by atoms with E-state index in [0.29, 0.717) is 43.0 Å². The molecule has 9 heteroatoms. The van der Waals surface area contributed by atoms with Crippen molar-refractivity contribution in [3.05, 3.63) is 42.8 Å². The van der Waals surface area contributed by atoms with Crippen LogP contribution in [-0.4, -0.2) is 54.2 Å². The van der Waals surface area contributed by atoms with E-state index in [2.05, 4.69) is 43.7 Å². The second-order valence-corrected chi connectivity index (χ2v) is 9.10. The summed E-state index contributed by atoms with van der Waals surface area (Å²) in [4.78, 5) is 31.9. The van der Waals surface area contributed by atoms with Crippen LogP contribution in [0.2, 0.25) is 0 Å². The molecular weight excluding hydrogens is 406 g/mol. The minimum absolute atomic E-state index is 0.300. The number of anilines is 2. The average molecular weight is 436 g/mol. The van der Waals surface area contributed by atoms with Gasteiger partial charge >= 0.3 is 6.09 Å². The first-order valence-electron chi connectivity index (χ1n) is 10.8. The summed E-state index contributed by atoms with van der Waals surface area (Å²) in [5.74, 6) is 2.00. The number of rotatable bonds is 4. The van der Waals surface area contributed by atoms with Crippen molar-refractivity contribution in [3.8, 4) is 0 Å². The summed E-state index contributed by atoms with van der Waals surface area (Å²) < 4.78 is 7.56. The molecule has 1 N–H and O–H groups in total. The highest BCUT2D eigenvalue weighted by Gasteiger charge is 2.24. The van der Waals surface area contributed by atoms with E-state index in [1.54, 1.807) is 17.3 Å². The number of hydrogen-bond donors (Lipinski definition) is 1. The standard InChI is InChI=1S/C23H29N7O2/c1-15(2)30-14-26-17-13-25-20(12-18(17)30)27-19-6-9-24-21(28-19)16-7-10-29(11-8-16)22(31)32-23(3,4)5/h6-7,9,12-15H,8,10-11H2,1-5H3,(H,24,25,27,28). The van der Waals surface area contributed by atoms with E-state index in [1.807, 2.05) is 45.3 Å². The zero-order chi connectivity index (χ0) is 22.9. The Morgan fingerprint density at radius 1 is 1.19 bits per heavy atom. The Balaban J connectivity index is 1.48. The molecule has 1 amide bonds. The third-order valence-electron chi connectivity index (χ3n) is 5.08. The molecule has 0 fully saturated rings. The molecule has 4 rings (SSSR count). The number of carbonyl (C=O) groups excluding carboxylic acids is 1. The van der Waals surface area contributed by atoms with Gasteiger partial charge in [-0.15, -0.1) is 0 Å². The van der Waals surface area contributed by atoms with E-state index in [9.17, 15) is 4.79 Å². The number of carbonyl (C=O) groups is 1. The molecule has 0 aromatic carbocycles. The lowest BCUT2D eigenvalue weighted by Crippen LogP contribution is -2.39. The summed E-state index contributed by atoms with van der Waals surface area (Å²) in [5.41, 5.74) is 2.38. The molecule has 0 spiro atoms. The summed E-state index contributed by atoms with van der Waals surface area (Å²) >= 11 is 0. The van der Waals surface area contributed by atoms with Crippen molar-refractivity contribution in [2.24, 2.45) is 0 Å². The summed E-state index contributed by atoms with van der Waals surface area (Å²) in [7, 11) is 0. The molecule has 0 aliphatic carbocycles. The van der Waals surface area contributed by atoms with Crippen LogP contribution in [-0.2, 0) is 4.74 Å². The van der Waals surface area contributed by atoms with E-state index in [0.717, 1.165) is 16.6 Å². The van der Waals surface area contributed by atoms with E-state index in [-0.39, 0.29) is 6.09 Å². The Bertz CT molecular complexity index is 1160. The predicted molar refractivity (Wildman–Crippen MR) is 124 cm³/mol. The Morgan fingerprint density at radius 2 is 2.00 bits per heavy atom. The molecule has 4 heterocycles. The molecule has 0 saturated heterocycles. The lowest BCUT2D eigenvalue weighted by Gasteiger charge is -2.29. The van der Waals surface area contributed by atoms with E-state index in [4.69, 9.17) is 4.74 Å². The number of fused-ring (bicyclic) bond motifs is 1. The largest absolute Gasteiger partial charge is 0.444 e. The third kappa shape index (κ3) is 4.87. The first-order valence-corrected chi connectivity index (χ1v) is 10.8. The fourth-order valence-corrected chi connectivity index (χ4v) is 3.49. The molecule has 0 radical (unpaired) electrons. The van der Waals surface area contributed by atoms with Gasteiger partial charge in [0, 0.05) is 31.4 Å². The maximum atomic E-state index is 12.3. The zero-order valence-corrected chi connectivity index (χ0v) is 19.2. The average Bonchev–Trinajstić information content (AvgIpc) is 3.16. The van der Waals surface area contributed by atoms with Gasteiger partial charge in [0.1, 0.15) is 22.8 Å². The van der Waals surface area contributed by atoms with Gasteiger partial charge in [-0.3, -0.25) is 0 Å². The molecule has 9 nitrogen and oxygen atoms in total. The molecule has 32 heavy (non-hydrogen) atoms. The molecule has 1 aliphatic rings. The van der Waals surface area contributed by atoms with Gasteiger partial charge in [0.15, 0.2) is 5.82 Å². The van der Waals surface area contributed by atoms with Crippen LogP contribution in [0.1, 0.15) is 52.9 Å². The predicted octanol–water partition coefficient (Wildman–Crippen LogP) is 4.57. The Kier molecular flexibility index (Phi) is 5.82. The van der Waals surface area contributed by atoms with Crippen LogP contribution in [0.15, 0.2) is 36.9 Å². The van der Waals surface area contributed by atoms with E-state index < -0.39 is 5.60 Å². The van der Waals surface area contributed by atoms with Gasteiger partial charge in [-0.2, -0.15) is 0 Å². The van der Waals surface area contributed by atoms with Crippen molar-refractivity contribution in [2.75, 3.05) is 18.4 Å². The van der Waals surface area contributed by atoms with Crippen LogP contribution in [0.5, 0.6) is 0 Å². The fraction of sp³-hybridized carbons (Fsp3) is 0.435. The van der Waals surface area contributed by atoms with Gasteiger partial charge in [0.05, 0.1) is 18.0 Å². The number of nitrogens with zero attached hydrogens (tertiary/aromatic N) is 6. The maximum absolute atomic E-state index is 12.3. The first kappa shape index (κ1) is 21.7. The molecule has 0 atom stereocenters. The van der Waals surface area contributed by atoms with Crippen LogP contribution in [0.25, 0.3) is 16.6 Å². The number of nitrogens with one attached hydrogen (secondary N) is 1. The van der Waals surface area contributed by atoms with E-state index in [1.165, 1.54) is 0 Å². The molecule has 168 valence electrons. The second kappa shape index (κ2) is 8.57. The molecule has 1 aliphatic heterocycles. The number of imidazole rings is 1.